The molecule has 1 aromatic rings. The van der Waals surface area contributed by atoms with Crippen LogP contribution in [0.3, 0.4) is 0 Å². The standard InChI is InChI=1S/C15H24FNOS/c1-12(9-11-19-3)17(2)10-8-15(18)13-6-4-5-7-14(13)16/h4-7,12,15,18H,8-11H2,1-3H3. The highest BCUT2D eigenvalue weighted by atomic mass is 32.2. The zero-order valence-electron chi connectivity index (χ0n) is 12.0. The number of halogens is 1. The van der Waals surface area contributed by atoms with E-state index >= 15 is 0 Å². The minimum atomic E-state index is -0.726. The van der Waals surface area contributed by atoms with E-state index in [4.69, 9.17) is 0 Å². The minimum Gasteiger partial charge on any atom is -0.388 e. The molecule has 108 valence electrons. The molecule has 0 spiro atoms. The zero-order chi connectivity index (χ0) is 14.3. The van der Waals surface area contributed by atoms with Gasteiger partial charge in [0.1, 0.15) is 5.82 Å². The second-order valence-electron chi connectivity index (χ2n) is 4.94. The predicted molar refractivity (Wildman–Crippen MR) is 81.1 cm³/mol. The summed E-state index contributed by atoms with van der Waals surface area (Å²) >= 11 is 1.84. The van der Waals surface area contributed by atoms with Crippen molar-refractivity contribution in [3.8, 4) is 0 Å². The van der Waals surface area contributed by atoms with Gasteiger partial charge in [-0.05, 0) is 44.9 Å². The summed E-state index contributed by atoms with van der Waals surface area (Å²) in [6.45, 7) is 2.96. The lowest BCUT2D eigenvalue weighted by Crippen LogP contribution is -2.31. The van der Waals surface area contributed by atoms with Gasteiger partial charge in [0.2, 0.25) is 0 Å². The molecule has 19 heavy (non-hydrogen) atoms. The summed E-state index contributed by atoms with van der Waals surface area (Å²) in [6.07, 6.45) is 3.07. The van der Waals surface area contributed by atoms with Crippen LogP contribution in [0.15, 0.2) is 24.3 Å². The summed E-state index contributed by atoms with van der Waals surface area (Å²) < 4.78 is 13.5. The Morgan fingerprint density at radius 1 is 1.32 bits per heavy atom. The molecular formula is C15H24FNOS. The summed E-state index contributed by atoms with van der Waals surface area (Å²) in [5.74, 6) is 0.814. The van der Waals surface area contributed by atoms with Crippen molar-refractivity contribution in [3.63, 3.8) is 0 Å². The van der Waals surface area contributed by atoms with Crippen LogP contribution in [0.4, 0.5) is 4.39 Å². The van der Waals surface area contributed by atoms with Crippen molar-refractivity contribution in [3.05, 3.63) is 35.6 Å². The highest BCUT2D eigenvalue weighted by Gasteiger charge is 2.15. The third-order valence-electron chi connectivity index (χ3n) is 3.51. The van der Waals surface area contributed by atoms with Crippen LogP contribution in [0.25, 0.3) is 0 Å². The number of aliphatic hydroxyl groups is 1. The molecule has 2 atom stereocenters. The predicted octanol–water partition coefficient (Wildman–Crippen LogP) is 3.32. The monoisotopic (exact) mass is 285 g/mol. The van der Waals surface area contributed by atoms with Gasteiger partial charge in [-0.2, -0.15) is 11.8 Å². The lowest BCUT2D eigenvalue weighted by Gasteiger charge is -2.25. The van der Waals surface area contributed by atoms with Crippen LogP contribution in [0.2, 0.25) is 0 Å². The third kappa shape index (κ3) is 5.51. The van der Waals surface area contributed by atoms with Crippen LogP contribution in [0, 0.1) is 5.82 Å². The molecule has 0 amide bonds. The molecule has 4 heteroatoms. The van der Waals surface area contributed by atoms with Gasteiger partial charge in [-0.3, -0.25) is 0 Å². The topological polar surface area (TPSA) is 23.5 Å². The highest BCUT2D eigenvalue weighted by Crippen LogP contribution is 2.20. The van der Waals surface area contributed by atoms with Crippen LogP contribution in [0.1, 0.15) is 31.4 Å². The number of hydrogen-bond donors (Lipinski definition) is 1. The molecular weight excluding hydrogens is 261 g/mol. The second kappa shape index (κ2) is 8.56. The first kappa shape index (κ1) is 16.5. The number of thioether (sulfide) groups is 1. The van der Waals surface area contributed by atoms with Gasteiger partial charge in [0.25, 0.3) is 0 Å². The Morgan fingerprint density at radius 3 is 2.63 bits per heavy atom. The maximum atomic E-state index is 13.5. The van der Waals surface area contributed by atoms with E-state index in [9.17, 15) is 9.50 Å². The molecule has 0 heterocycles. The molecule has 1 N–H and O–H groups in total. The summed E-state index contributed by atoms with van der Waals surface area (Å²) in [5, 5.41) is 10.0. The summed E-state index contributed by atoms with van der Waals surface area (Å²) in [5.41, 5.74) is 0.396. The fourth-order valence-corrected chi connectivity index (χ4v) is 2.53. The second-order valence-corrected chi connectivity index (χ2v) is 5.92. The van der Waals surface area contributed by atoms with Crippen LogP contribution in [-0.4, -0.2) is 41.6 Å². The highest BCUT2D eigenvalue weighted by molar-refractivity contribution is 7.98. The van der Waals surface area contributed by atoms with E-state index in [-0.39, 0.29) is 5.82 Å². The van der Waals surface area contributed by atoms with Crippen molar-refractivity contribution < 1.29 is 9.50 Å². The Balaban J connectivity index is 2.41. The first-order valence-electron chi connectivity index (χ1n) is 6.68. The zero-order valence-corrected chi connectivity index (χ0v) is 12.8. The van der Waals surface area contributed by atoms with E-state index in [1.165, 1.54) is 6.07 Å². The van der Waals surface area contributed by atoms with Crippen molar-refractivity contribution in [1.29, 1.82) is 0 Å². The Kier molecular flexibility index (Phi) is 7.42. The van der Waals surface area contributed by atoms with E-state index in [1.807, 2.05) is 11.8 Å². The van der Waals surface area contributed by atoms with Crippen LogP contribution >= 0.6 is 11.8 Å². The van der Waals surface area contributed by atoms with Crippen LogP contribution in [-0.2, 0) is 0 Å². The molecule has 0 aliphatic heterocycles. The van der Waals surface area contributed by atoms with E-state index in [0.29, 0.717) is 18.0 Å². The molecule has 0 aliphatic rings. The maximum absolute atomic E-state index is 13.5. The van der Waals surface area contributed by atoms with E-state index in [1.54, 1.807) is 18.2 Å². The van der Waals surface area contributed by atoms with Gasteiger partial charge in [-0.15, -0.1) is 0 Å². The quantitative estimate of drug-likeness (QED) is 0.792. The summed E-state index contributed by atoms with van der Waals surface area (Å²) in [4.78, 5) is 2.22. The van der Waals surface area contributed by atoms with Gasteiger partial charge in [-0.25, -0.2) is 4.39 Å². The van der Waals surface area contributed by atoms with Gasteiger partial charge < -0.3 is 10.0 Å². The summed E-state index contributed by atoms with van der Waals surface area (Å²) in [6, 6.07) is 6.93. The Morgan fingerprint density at radius 2 is 2.00 bits per heavy atom. The number of aliphatic hydroxyl groups excluding tert-OH is 1. The Hall–Kier alpha value is -0.580. The first-order chi connectivity index (χ1) is 9.06. The Labute approximate surface area is 120 Å². The largest absolute Gasteiger partial charge is 0.388 e. The SMILES string of the molecule is CSCCC(C)N(C)CCC(O)c1ccccc1F. The maximum Gasteiger partial charge on any atom is 0.128 e. The van der Waals surface area contributed by atoms with Gasteiger partial charge in [-0.1, -0.05) is 18.2 Å². The number of nitrogens with zero attached hydrogens (tertiary/aromatic N) is 1. The van der Waals surface area contributed by atoms with Gasteiger partial charge in [0, 0.05) is 18.2 Å². The summed E-state index contributed by atoms with van der Waals surface area (Å²) in [7, 11) is 2.05. The van der Waals surface area contributed by atoms with E-state index in [0.717, 1.165) is 18.7 Å². The smallest absolute Gasteiger partial charge is 0.128 e. The third-order valence-corrected chi connectivity index (χ3v) is 4.16. The normalized spacial score (nSPS) is 14.6. The van der Waals surface area contributed by atoms with Crippen LogP contribution in [0.5, 0.6) is 0 Å². The fourth-order valence-electron chi connectivity index (χ4n) is 1.96. The number of rotatable bonds is 8. The van der Waals surface area contributed by atoms with Crippen molar-refractivity contribution in [2.24, 2.45) is 0 Å². The number of hydrogen-bond acceptors (Lipinski definition) is 3. The minimum absolute atomic E-state index is 0.326. The molecule has 2 nitrogen and oxygen atoms in total. The molecule has 1 rings (SSSR count). The van der Waals surface area contributed by atoms with Crippen molar-refractivity contribution in [2.75, 3.05) is 25.6 Å². The number of benzene rings is 1. The fraction of sp³-hybridized carbons (Fsp3) is 0.600. The molecule has 0 radical (unpaired) electrons. The first-order valence-corrected chi connectivity index (χ1v) is 8.07. The average molecular weight is 285 g/mol. The molecule has 0 aromatic heterocycles. The molecule has 0 aliphatic carbocycles. The molecule has 0 bridgehead atoms. The molecule has 0 fully saturated rings. The molecule has 0 saturated heterocycles. The van der Waals surface area contributed by atoms with Gasteiger partial charge >= 0.3 is 0 Å². The molecule has 1 aromatic carbocycles. The van der Waals surface area contributed by atoms with Crippen molar-refractivity contribution >= 4 is 11.8 Å². The molecule has 2 unspecified atom stereocenters. The van der Waals surface area contributed by atoms with E-state index in [2.05, 4.69) is 25.1 Å². The van der Waals surface area contributed by atoms with Gasteiger partial charge in [0.05, 0.1) is 6.10 Å². The van der Waals surface area contributed by atoms with Gasteiger partial charge in [0.15, 0.2) is 0 Å². The van der Waals surface area contributed by atoms with E-state index < -0.39 is 6.10 Å². The average Bonchev–Trinajstić information content (AvgIpc) is 2.42. The Bertz CT molecular complexity index is 375. The lowest BCUT2D eigenvalue weighted by molar-refractivity contribution is 0.135. The lowest BCUT2D eigenvalue weighted by atomic mass is 10.1. The van der Waals surface area contributed by atoms with Crippen molar-refractivity contribution in [2.45, 2.75) is 31.9 Å². The molecule has 0 saturated carbocycles. The van der Waals surface area contributed by atoms with Crippen LogP contribution < -0.4 is 0 Å². The van der Waals surface area contributed by atoms with Crippen molar-refractivity contribution in [1.82, 2.24) is 4.90 Å².